The van der Waals surface area contributed by atoms with Crippen LogP contribution in [0.15, 0.2) is 60.7 Å². The van der Waals surface area contributed by atoms with Gasteiger partial charge in [-0.3, -0.25) is 0 Å². The third kappa shape index (κ3) is 2.05. The molecule has 0 nitrogen and oxygen atoms in total. The summed E-state index contributed by atoms with van der Waals surface area (Å²) in [5.41, 5.74) is 2.48. The Morgan fingerprint density at radius 3 is 1.36 bits per heavy atom. The molecule has 2 rings (SSSR count). The molecule has 2 aromatic carbocycles. The van der Waals surface area contributed by atoms with Crippen molar-refractivity contribution >= 4 is 4.11 Å². The summed E-state index contributed by atoms with van der Waals surface area (Å²) in [6, 6.07) is 20.7. The van der Waals surface area contributed by atoms with Crippen LogP contribution >= 0.6 is 0 Å². The van der Waals surface area contributed by atoms with Gasteiger partial charge in [0, 0.05) is 0 Å². The van der Waals surface area contributed by atoms with Crippen LogP contribution in [0.4, 0.5) is 0 Å². The zero-order valence-electron chi connectivity index (χ0n) is 7.61. The van der Waals surface area contributed by atoms with Crippen LogP contribution in [0.3, 0.4) is 0 Å². The summed E-state index contributed by atoms with van der Waals surface area (Å²) < 4.78 is 1.22. The summed E-state index contributed by atoms with van der Waals surface area (Å²) in [5.74, 6) is 0. The average Bonchev–Trinajstić information content (AvgIpc) is 2.30. The molecule has 0 radical (unpaired) electrons. The van der Waals surface area contributed by atoms with Gasteiger partial charge in [-0.05, 0) is 0 Å². The summed E-state index contributed by atoms with van der Waals surface area (Å²) in [7, 11) is 0. The Balaban J connectivity index is 2.35. The second-order valence-corrected chi connectivity index (χ2v) is 3.84. The van der Waals surface area contributed by atoms with E-state index in [-0.39, 0.29) is 0 Å². The Labute approximate surface area is 93.8 Å². The zero-order valence-corrected chi connectivity index (χ0v) is 9.25. The van der Waals surface area contributed by atoms with Crippen LogP contribution in [0.5, 0.6) is 0 Å². The molecule has 2 aromatic rings. The van der Waals surface area contributed by atoms with Crippen LogP contribution in [0, 0.1) is 0 Å². The van der Waals surface area contributed by atoms with E-state index < -0.39 is 0 Å². The normalized spacial score (nSPS) is 9.79. The van der Waals surface area contributed by atoms with E-state index in [1.807, 2.05) is 12.1 Å². The van der Waals surface area contributed by atoms with Crippen LogP contribution in [0.1, 0.15) is 11.1 Å². The first-order chi connectivity index (χ1) is 6.88. The van der Waals surface area contributed by atoms with E-state index in [1.165, 1.54) is 15.2 Å². The molecule has 71 valence electrons. The SMILES string of the molecule is [Rh]=[C](c1ccccc1)c1ccccc1. The summed E-state index contributed by atoms with van der Waals surface area (Å²) in [4.78, 5) is 0. The second kappa shape index (κ2) is 4.44. The van der Waals surface area contributed by atoms with E-state index >= 15 is 0 Å². The third-order valence-corrected chi connectivity index (χ3v) is 2.97. The molecule has 0 spiro atoms. The topological polar surface area (TPSA) is 0 Å². The van der Waals surface area contributed by atoms with Crippen molar-refractivity contribution in [2.24, 2.45) is 0 Å². The van der Waals surface area contributed by atoms with Crippen LogP contribution < -0.4 is 0 Å². The summed E-state index contributed by atoms with van der Waals surface area (Å²) >= 11 is 3.01. The fourth-order valence-electron chi connectivity index (χ4n) is 1.32. The van der Waals surface area contributed by atoms with Gasteiger partial charge < -0.3 is 0 Å². The molecule has 0 aliphatic rings. The summed E-state index contributed by atoms with van der Waals surface area (Å²) in [6.45, 7) is 0. The van der Waals surface area contributed by atoms with E-state index in [1.54, 1.807) is 0 Å². The van der Waals surface area contributed by atoms with Crippen molar-refractivity contribution in [2.75, 3.05) is 0 Å². The average molecular weight is 269 g/mol. The van der Waals surface area contributed by atoms with Gasteiger partial charge in [-0.1, -0.05) is 0 Å². The van der Waals surface area contributed by atoms with Crippen molar-refractivity contribution in [1.29, 1.82) is 0 Å². The number of rotatable bonds is 2. The fourth-order valence-corrected chi connectivity index (χ4v) is 1.87. The molecular weight excluding hydrogens is 259 g/mol. The Kier molecular flexibility index (Phi) is 3.01. The molecular formula is C13H10Rh. The molecule has 0 amide bonds. The predicted octanol–water partition coefficient (Wildman–Crippen LogP) is 2.80. The minimum absolute atomic E-state index is 1.22. The minimum atomic E-state index is 1.22. The van der Waals surface area contributed by atoms with E-state index in [0.717, 1.165) is 0 Å². The van der Waals surface area contributed by atoms with E-state index in [0.29, 0.717) is 0 Å². The Bertz CT molecular complexity index is 376. The maximum atomic E-state index is 3.01. The molecule has 0 atom stereocenters. The molecule has 0 aromatic heterocycles. The first-order valence-corrected chi connectivity index (χ1v) is 5.31. The molecule has 0 saturated carbocycles. The summed E-state index contributed by atoms with van der Waals surface area (Å²) in [5, 5.41) is 0. The van der Waals surface area contributed by atoms with Gasteiger partial charge in [-0.25, -0.2) is 0 Å². The number of hydrogen-bond donors (Lipinski definition) is 0. The van der Waals surface area contributed by atoms with Crippen LogP contribution in [0.2, 0.25) is 0 Å². The van der Waals surface area contributed by atoms with Gasteiger partial charge in [0.15, 0.2) is 0 Å². The van der Waals surface area contributed by atoms with E-state index in [9.17, 15) is 0 Å². The van der Waals surface area contributed by atoms with Crippen LogP contribution in [0.25, 0.3) is 0 Å². The molecule has 0 saturated heterocycles. The van der Waals surface area contributed by atoms with Crippen molar-refractivity contribution < 1.29 is 17.9 Å². The molecule has 0 fully saturated rings. The van der Waals surface area contributed by atoms with Gasteiger partial charge in [0.2, 0.25) is 0 Å². The molecule has 0 aliphatic heterocycles. The van der Waals surface area contributed by atoms with Crippen molar-refractivity contribution in [1.82, 2.24) is 0 Å². The molecule has 1 heteroatoms. The molecule has 0 heterocycles. The van der Waals surface area contributed by atoms with Crippen LogP contribution in [-0.2, 0) is 17.9 Å². The van der Waals surface area contributed by atoms with Gasteiger partial charge in [-0.15, -0.1) is 0 Å². The Morgan fingerprint density at radius 1 is 0.643 bits per heavy atom. The summed E-state index contributed by atoms with van der Waals surface area (Å²) in [6.07, 6.45) is 0. The van der Waals surface area contributed by atoms with Crippen molar-refractivity contribution in [2.45, 2.75) is 0 Å². The van der Waals surface area contributed by atoms with Crippen molar-refractivity contribution in [3.8, 4) is 0 Å². The number of hydrogen-bond acceptors (Lipinski definition) is 0. The third-order valence-electron chi connectivity index (χ3n) is 2.03. The second-order valence-electron chi connectivity index (χ2n) is 3.02. The quantitative estimate of drug-likeness (QED) is 0.735. The van der Waals surface area contributed by atoms with Crippen molar-refractivity contribution in [3.05, 3.63) is 71.8 Å². The molecule has 0 aliphatic carbocycles. The van der Waals surface area contributed by atoms with Gasteiger partial charge in [0.25, 0.3) is 0 Å². The maximum absolute atomic E-state index is 3.01. The van der Waals surface area contributed by atoms with Gasteiger partial charge in [0.05, 0.1) is 0 Å². The van der Waals surface area contributed by atoms with Gasteiger partial charge >= 0.3 is 93.7 Å². The Hall–Kier alpha value is -1.07. The first kappa shape index (κ1) is 9.49. The standard InChI is InChI=1S/C13H10.Rh/c1-3-7-12(8-4-1)11-13-9-5-2-6-10-13;/h1-10H;. The molecule has 0 bridgehead atoms. The predicted molar refractivity (Wildman–Crippen MR) is 56.1 cm³/mol. The fraction of sp³-hybridized carbons (Fsp3) is 0. The zero-order chi connectivity index (χ0) is 9.80. The van der Waals surface area contributed by atoms with E-state index in [4.69, 9.17) is 0 Å². The van der Waals surface area contributed by atoms with Gasteiger partial charge in [0.1, 0.15) is 0 Å². The molecule has 0 N–H and O–H groups in total. The van der Waals surface area contributed by atoms with Crippen molar-refractivity contribution in [3.63, 3.8) is 0 Å². The molecule has 0 unspecified atom stereocenters. The van der Waals surface area contributed by atoms with Crippen LogP contribution in [-0.4, -0.2) is 4.11 Å². The van der Waals surface area contributed by atoms with E-state index in [2.05, 4.69) is 66.4 Å². The Morgan fingerprint density at radius 2 is 1.00 bits per heavy atom. The molecule has 14 heavy (non-hydrogen) atoms. The first-order valence-electron chi connectivity index (χ1n) is 4.49. The number of benzene rings is 2. The van der Waals surface area contributed by atoms with Gasteiger partial charge in [-0.2, -0.15) is 0 Å². The monoisotopic (exact) mass is 269 g/mol.